The summed E-state index contributed by atoms with van der Waals surface area (Å²) >= 11 is 0. The maximum Gasteiger partial charge on any atom is 0.185 e. The van der Waals surface area contributed by atoms with E-state index in [0.717, 1.165) is 23.9 Å². The minimum Gasteiger partial charge on any atom is -0.364 e. The Balaban J connectivity index is 2.20. The molecule has 2 aromatic carbocycles. The number of nitrogens with zero attached hydrogens (tertiary/aromatic N) is 1. The number of Topliss-reactive ketones (excluding diaryl/α,β-unsaturated/α-hetero) is 1. The second kappa shape index (κ2) is 6.28. The first-order valence-electron chi connectivity index (χ1n) is 6.40. The fraction of sp³-hybridized carbons (Fsp3) is 0.188. The standard InChI is InChI=1S/C16H15F2NO/c1-2-19(13-6-4-3-5-7-13)11-16(20)14-10-12(17)8-9-15(14)18/h3-10H,2,11H2,1H3. The van der Waals surface area contributed by atoms with Crippen LogP contribution in [0.2, 0.25) is 0 Å². The van der Waals surface area contributed by atoms with Gasteiger partial charge in [-0.3, -0.25) is 4.79 Å². The first-order valence-corrected chi connectivity index (χ1v) is 6.40. The maximum atomic E-state index is 13.6. The molecule has 0 amide bonds. The van der Waals surface area contributed by atoms with Gasteiger partial charge in [0.15, 0.2) is 5.78 Å². The van der Waals surface area contributed by atoms with Crippen LogP contribution in [0, 0.1) is 11.6 Å². The topological polar surface area (TPSA) is 20.3 Å². The van der Waals surface area contributed by atoms with Gasteiger partial charge in [0.1, 0.15) is 11.6 Å². The van der Waals surface area contributed by atoms with E-state index in [2.05, 4.69) is 0 Å². The molecule has 0 atom stereocenters. The molecule has 0 unspecified atom stereocenters. The van der Waals surface area contributed by atoms with E-state index in [4.69, 9.17) is 0 Å². The lowest BCUT2D eigenvalue weighted by atomic mass is 10.1. The van der Waals surface area contributed by atoms with Crippen molar-refractivity contribution in [3.05, 3.63) is 65.7 Å². The number of anilines is 1. The molecule has 2 nitrogen and oxygen atoms in total. The third-order valence-electron chi connectivity index (χ3n) is 3.07. The number of para-hydroxylation sites is 1. The van der Waals surface area contributed by atoms with Gasteiger partial charge in [-0.05, 0) is 37.3 Å². The highest BCUT2D eigenvalue weighted by atomic mass is 19.1. The lowest BCUT2D eigenvalue weighted by molar-refractivity contribution is 0.0995. The predicted molar refractivity (Wildman–Crippen MR) is 75.0 cm³/mol. The number of rotatable bonds is 5. The van der Waals surface area contributed by atoms with E-state index >= 15 is 0 Å². The molecule has 4 heteroatoms. The lowest BCUT2D eigenvalue weighted by Crippen LogP contribution is -2.30. The van der Waals surface area contributed by atoms with Crippen molar-refractivity contribution in [2.45, 2.75) is 6.92 Å². The van der Waals surface area contributed by atoms with Crippen LogP contribution in [-0.2, 0) is 0 Å². The molecule has 0 aliphatic carbocycles. The normalized spacial score (nSPS) is 10.3. The second-order valence-corrected chi connectivity index (χ2v) is 4.40. The van der Waals surface area contributed by atoms with Gasteiger partial charge in [-0.2, -0.15) is 0 Å². The van der Waals surface area contributed by atoms with Crippen LogP contribution in [0.4, 0.5) is 14.5 Å². The highest BCUT2D eigenvalue weighted by Crippen LogP contribution is 2.16. The van der Waals surface area contributed by atoms with Crippen LogP contribution in [0.1, 0.15) is 17.3 Å². The molecular weight excluding hydrogens is 260 g/mol. The zero-order valence-electron chi connectivity index (χ0n) is 11.1. The minimum absolute atomic E-state index is 0.0148. The molecule has 0 aliphatic heterocycles. The molecule has 0 aliphatic rings. The predicted octanol–water partition coefficient (Wildman–Crippen LogP) is 3.67. The van der Waals surface area contributed by atoms with Crippen LogP contribution in [0.3, 0.4) is 0 Å². The summed E-state index contributed by atoms with van der Waals surface area (Å²) in [5.74, 6) is -1.74. The minimum atomic E-state index is -0.694. The summed E-state index contributed by atoms with van der Waals surface area (Å²) in [6.45, 7) is 2.52. The zero-order valence-corrected chi connectivity index (χ0v) is 11.1. The van der Waals surface area contributed by atoms with Gasteiger partial charge in [0.05, 0.1) is 12.1 Å². The van der Waals surface area contributed by atoms with E-state index in [1.165, 1.54) is 0 Å². The van der Waals surface area contributed by atoms with Crippen molar-refractivity contribution in [2.24, 2.45) is 0 Å². The van der Waals surface area contributed by atoms with Crippen molar-refractivity contribution in [1.82, 2.24) is 0 Å². The molecular formula is C16H15F2NO. The van der Waals surface area contributed by atoms with Crippen molar-refractivity contribution < 1.29 is 13.6 Å². The first-order chi connectivity index (χ1) is 9.61. The number of benzene rings is 2. The summed E-state index contributed by atoms with van der Waals surface area (Å²) in [4.78, 5) is 13.9. The number of carbonyl (C=O) groups is 1. The third-order valence-corrected chi connectivity index (χ3v) is 3.07. The monoisotopic (exact) mass is 275 g/mol. The molecule has 0 N–H and O–H groups in total. The van der Waals surface area contributed by atoms with E-state index < -0.39 is 17.4 Å². The number of hydrogen-bond acceptors (Lipinski definition) is 2. The summed E-state index contributed by atoms with van der Waals surface area (Å²) in [7, 11) is 0. The molecule has 0 saturated heterocycles. The van der Waals surface area contributed by atoms with E-state index in [1.807, 2.05) is 42.2 Å². The summed E-state index contributed by atoms with van der Waals surface area (Å²) in [5, 5.41) is 0. The second-order valence-electron chi connectivity index (χ2n) is 4.40. The molecule has 2 aromatic rings. The van der Waals surface area contributed by atoms with Crippen molar-refractivity contribution in [1.29, 1.82) is 0 Å². The maximum absolute atomic E-state index is 13.6. The van der Waals surface area contributed by atoms with Crippen molar-refractivity contribution in [3.8, 4) is 0 Å². The number of halogens is 2. The van der Waals surface area contributed by atoms with Crippen molar-refractivity contribution in [3.63, 3.8) is 0 Å². The first kappa shape index (κ1) is 14.2. The quantitative estimate of drug-likeness (QED) is 0.776. The van der Waals surface area contributed by atoms with Crippen molar-refractivity contribution >= 4 is 11.5 Å². The summed E-state index contributed by atoms with van der Waals surface area (Å²) in [6, 6.07) is 12.3. The fourth-order valence-corrected chi connectivity index (χ4v) is 1.99. The molecule has 0 radical (unpaired) electrons. The Kier molecular flexibility index (Phi) is 4.45. The molecule has 0 spiro atoms. The van der Waals surface area contributed by atoms with Gasteiger partial charge in [-0.25, -0.2) is 8.78 Å². The summed E-state index contributed by atoms with van der Waals surface area (Å²) < 4.78 is 26.7. The molecule has 104 valence electrons. The lowest BCUT2D eigenvalue weighted by Gasteiger charge is -2.22. The van der Waals surface area contributed by atoms with Crippen LogP contribution in [-0.4, -0.2) is 18.9 Å². The molecule has 0 bridgehead atoms. The molecule has 0 aromatic heterocycles. The molecule has 0 fully saturated rings. The Bertz CT molecular complexity index is 599. The van der Waals surface area contributed by atoms with Crippen molar-refractivity contribution in [2.75, 3.05) is 18.0 Å². The van der Waals surface area contributed by atoms with Gasteiger partial charge in [0.25, 0.3) is 0 Å². The number of hydrogen-bond donors (Lipinski definition) is 0. The average Bonchev–Trinajstić information content (AvgIpc) is 2.48. The summed E-state index contributed by atoms with van der Waals surface area (Å²) in [5.41, 5.74) is 0.666. The van der Waals surface area contributed by atoms with E-state index in [-0.39, 0.29) is 12.1 Å². The Morgan fingerprint density at radius 3 is 2.45 bits per heavy atom. The fourth-order valence-electron chi connectivity index (χ4n) is 1.99. The van der Waals surface area contributed by atoms with Gasteiger partial charge in [-0.15, -0.1) is 0 Å². The van der Waals surface area contributed by atoms with Crippen LogP contribution in [0.5, 0.6) is 0 Å². The van der Waals surface area contributed by atoms with Gasteiger partial charge >= 0.3 is 0 Å². The largest absolute Gasteiger partial charge is 0.364 e. The Hall–Kier alpha value is -2.23. The Morgan fingerprint density at radius 1 is 1.10 bits per heavy atom. The number of ketones is 1. The number of carbonyl (C=O) groups excluding carboxylic acids is 1. The highest BCUT2D eigenvalue weighted by molar-refractivity contribution is 5.99. The Morgan fingerprint density at radius 2 is 1.80 bits per heavy atom. The SMILES string of the molecule is CCN(CC(=O)c1cc(F)ccc1F)c1ccccc1. The van der Waals surface area contributed by atoms with Gasteiger partial charge in [0.2, 0.25) is 0 Å². The van der Waals surface area contributed by atoms with Crippen LogP contribution >= 0.6 is 0 Å². The molecule has 2 rings (SSSR count). The molecule has 0 heterocycles. The smallest absolute Gasteiger partial charge is 0.185 e. The number of likely N-dealkylation sites (N-methyl/N-ethyl adjacent to an activating group) is 1. The van der Waals surface area contributed by atoms with Crippen LogP contribution < -0.4 is 4.90 Å². The third kappa shape index (κ3) is 3.20. The van der Waals surface area contributed by atoms with Gasteiger partial charge in [-0.1, -0.05) is 18.2 Å². The van der Waals surface area contributed by atoms with E-state index in [0.29, 0.717) is 6.54 Å². The average molecular weight is 275 g/mol. The molecule has 0 saturated carbocycles. The van der Waals surface area contributed by atoms with E-state index in [1.54, 1.807) is 0 Å². The van der Waals surface area contributed by atoms with Crippen LogP contribution in [0.25, 0.3) is 0 Å². The zero-order chi connectivity index (χ0) is 14.5. The summed E-state index contributed by atoms with van der Waals surface area (Å²) in [6.07, 6.45) is 0. The molecule has 20 heavy (non-hydrogen) atoms. The highest BCUT2D eigenvalue weighted by Gasteiger charge is 2.16. The van der Waals surface area contributed by atoms with E-state index in [9.17, 15) is 13.6 Å². The van der Waals surface area contributed by atoms with Gasteiger partial charge < -0.3 is 4.90 Å². The Labute approximate surface area is 116 Å². The van der Waals surface area contributed by atoms with Crippen LogP contribution in [0.15, 0.2) is 48.5 Å². The van der Waals surface area contributed by atoms with Gasteiger partial charge in [0, 0.05) is 12.2 Å².